The highest BCUT2D eigenvalue weighted by atomic mass is 32.1. The summed E-state index contributed by atoms with van der Waals surface area (Å²) in [5, 5.41) is 3.39. The predicted octanol–water partition coefficient (Wildman–Crippen LogP) is 3.69. The second kappa shape index (κ2) is 5.57. The molecule has 0 aliphatic rings. The molecular weight excluding hydrogens is 294 g/mol. The van der Waals surface area contributed by atoms with Crippen molar-refractivity contribution in [3.8, 4) is 11.4 Å². The van der Waals surface area contributed by atoms with Gasteiger partial charge in [-0.15, -0.1) is 11.3 Å². The van der Waals surface area contributed by atoms with Gasteiger partial charge in [0, 0.05) is 25.1 Å². The number of aromatic amines is 1. The van der Waals surface area contributed by atoms with Crippen molar-refractivity contribution in [3.63, 3.8) is 0 Å². The highest BCUT2D eigenvalue weighted by Gasteiger charge is 2.09. The summed E-state index contributed by atoms with van der Waals surface area (Å²) in [7, 11) is 0. The molecule has 5 nitrogen and oxygen atoms in total. The zero-order valence-electron chi connectivity index (χ0n) is 11.7. The second-order valence-corrected chi connectivity index (χ2v) is 5.69. The molecule has 0 spiro atoms. The molecule has 22 heavy (non-hydrogen) atoms. The van der Waals surface area contributed by atoms with Gasteiger partial charge in [-0.25, -0.2) is 15.0 Å². The van der Waals surface area contributed by atoms with Gasteiger partial charge in [0.25, 0.3) is 0 Å². The number of H-pyrrole nitrogens is 1. The molecule has 0 fully saturated rings. The monoisotopic (exact) mass is 307 g/mol. The molecule has 0 aliphatic heterocycles. The Morgan fingerprint density at radius 2 is 2.05 bits per heavy atom. The van der Waals surface area contributed by atoms with Crippen LogP contribution in [0.4, 0.5) is 5.82 Å². The maximum Gasteiger partial charge on any atom is 0.141 e. The lowest BCUT2D eigenvalue weighted by Gasteiger charge is -2.09. The molecule has 108 valence electrons. The van der Waals surface area contributed by atoms with Crippen molar-refractivity contribution in [2.24, 2.45) is 0 Å². The summed E-state index contributed by atoms with van der Waals surface area (Å²) in [5.74, 6) is 1.62. The fraction of sp³-hybridized carbons (Fsp3) is 0.0625. The normalized spacial score (nSPS) is 10.9. The van der Waals surface area contributed by atoms with E-state index in [2.05, 4.69) is 43.5 Å². The zero-order chi connectivity index (χ0) is 14.8. The Balaban J connectivity index is 1.64. The van der Waals surface area contributed by atoms with E-state index in [0.717, 1.165) is 28.3 Å². The maximum atomic E-state index is 4.44. The van der Waals surface area contributed by atoms with Gasteiger partial charge in [0.2, 0.25) is 0 Å². The van der Waals surface area contributed by atoms with Crippen LogP contribution in [0.2, 0.25) is 0 Å². The van der Waals surface area contributed by atoms with Crippen LogP contribution in [0.3, 0.4) is 0 Å². The van der Waals surface area contributed by atoms with Gasteiger partial charge in [0.05, 0.1) is 21.3 Å². The Bertz CT molecular complexity index is 898. The quantitative estimate of drug-likeness (QED) is 0.603. The molecule has 0 radical (unpaired) electrons. The average molecular weight is 307 g/mol. The van der Waals surface area contributed by atoms with Crippen LogP contribution in [0.25, 0.3) is 21.6 Å². The molecule has 4 aromatic rings. The van der Waals surface area contributed by atoms with Crippen molar-refractivity contribution in [1.29, 1.82) is 0 Å². The molecule has 0 amide bonds. The van der Waals surface area contributed by atoms with E-state index in [-0.39, 0.29) is 0 Å². The van der Waals surface area contributed by atoms with E-state index in [1.165, 1.54) is 4.70 Å². The number of nitrogens with one attached hydrogen (secondary N) is 2. The first-order valence-corrected chi connectivity index (χ1v) is 7.79. The molecule has 0 aliphatic carbocycles. The van der Waals surface area contributed by atoms with Crippen molar-refractivity contribution in [3.05, 3.63) is 60.0 Å². The number of rotatable bonds is 4. The number of nitrogens with zero attached hydrogens (tertiary/aromatic N) is 3. The number of para-hydroxylation sites is 1. The van der Waals surface area contributed by atoms with Crippen LogP contribution in [-0.2, 0) is 6.54 Å². The number of benzene rings is 1. The Morgan fingerprint density at radius 1 is 1.05 bits per heavy atom. The van der Waals surface area contributed by atoms with Crippen LogP contribution in [-0.4, -0.2) is 19.9 Å². The van der Waals surface area contributed by atoms with E-state index in [4.69, 9.17) is 0 Å². The van der Waals surface area contributed by atoms with Gasteiger partial charge >= 0.3 is 0 Å². The number of pyridine rings is 1. The number of fused-ring (bicyclic) bond motifs is 1. The molecule has 3 aromatic heterocycles. The number of hydrogen-bond acceptors (Lipinski definition) is 5. The molecule has 2 N–H and O–H groups in total. The minimum Gasteiger partial charge on any atom is -0.365 e. The molecule has 0 atom stereocenters. The highest BCUT2D eigenvalue weighted by Crippen LogP contribution is 2.25. The van der Waals surface area contributed by atoms with E-state index >= 15 is 0 Å². The summed E-state index contributed by atoms with van der Waals surface area (Å²) in [6, 6.07) is 10.1. The first kappa shape index (κ1) is 13.0. The maximum absolute atomic E-state index is 4.44. The van der Waals surface area contributed by atoms with Crippen molar-refractivity contribution >= 4 is 27.4 Å². The first-order valence-electron chi connectivity index (χ1n) is 6.91. The molecule has 3 heterocycles. The van der Waals surface area contributed by atoms with Crippen LogP contribution in [0.1, 0.15) is 5.56 Å². The van der Waals surface area contributed by atoms with E-state index in [1.807, 2.05) is 23.8 Å². The van der Waals surface area contributed by atoms with E-state index in [1.54, 1.807) is 23.7 Å². The third-order valence-electron chi connectivity index (χ3n) is 3.45. The van der Waals surface area contributed by atoms with Crippen LogP contribution in [0.5, 0.6) is 0 Å². The highest BCUT2D eigenvalue weighted by molar-refractivity contribution is 7.16. The predicted molar refractivity (Wildman–Crippen MR) is 88.8 cm³/mol. The first-order chi connectivity index (χ1) is 10.9. The molecule has 1 aromatic carbocycles. The van der Waals surface area contributed by atoms with Gasteiger partial charge < -0.3 is 10.3 Å². The van der Waals surface area contributed by atoms with Gasteiger partial charge in [-0.3, -0.25) is 0 Å². The number of anilines is 1. The van der Waals surface area contributed by atoms with Gasteiger partial charge in [-0.05, 0) is 23.8 Å². The second-order valence-electron chi connectivity index (χ2n) is 4.81. The van der Waals surface area contributed by atoms with E-state index < -0.39 is 0 Å². The molecule has 0 saturated heterocycles. The Labute approximate surface area is 131 Å². The molecule has 6 heteroatoms. The fourth-order valence-corrected chi connectivity index (χ4v) is 3.14. The number of aromatic nitrogens is 4. The largest absolute Gasteiger partial charge is 0.365 e. The minimum absolute atomic E-state index is 0.672. The van der Waals surface area contributed by atoms with Crippen LogP contribution in [0, 0.1) is 0 Å². The van der Waals surface area contributed by atoms with Gasteiger partial charge in [-0.2, -0.15) is 0 Å². The lowest BCUT2D eigenvalue weighted by atomic mass is 10.2. The summed E-state index contributed by atoms with van der Waals surface area (Å²) in [6.07, 6.45) is 5.32. The van der Waals surface area contributed by atoms with Gasteiger partial charge in [0.1, 0.15) is 11.6 Å². The smallest absolute Gasteiger partial charge is 0.141 e. The van der Waals surface area contributed by atoms with Crippen molar-refractivity contribution in [2.75, 3.05) is 5.32 Å². The minimum atomic E-state index is 0.672. The Morgan fingerprint density at radius 3 is 2.95 bits per heavy atom. The van der Waals surface area contributed by atoms with Crippen LogP contribution >= 0.6 is 11.3 Å². The summed E-state index contributed by atoms with van der Waals surface area (Å²) >= 11 is 1.65. The Hall–Kier alpha value is -2.73. The molecule has 0 saturated carbocycles. The standard InChI is InChI=1S/C16H13N5S/c1-3-11(14-13(5-1)22-10-21-14)9-20-16-12(4-2-6-17-16)15-18-7-8-19-15/h1-8,10H,9H2,(H,17,20)(H,18,19). The van der Waals surface area contributed by atoms with E-state index in [0.29, 0.717) is 6.54 Å². The van der Waals surface area contributed by atoms with Crippen molar-refractivity contribution in [1.82, 2.24) is 19.9 Å². The van der Waals surface area contributed by atoms with Crippen LogP contribution < -0.4 is 5.32 Å². The lowest BCUT2D eigenvalue weighted by molar-refractivity contribution is 1.11. The van der Waals surface area contributed by atoms with Crippen molar-refractivity contribution in [2.45, 2.75) is 6.54 Å². The van der Waals surface area contributed by atoms with Crippen molar-refractivity contribution < 1.29 is 0 Å². The van der Waals surface area contributed by atoms with Gasteiger partial charge in [0.15, 0.2) is 0 Å². The SMILES string of the molecule is c1cnc(NCc2cccc3scnc23)c(-c2ncc[nH]2)c1. The molecule has 4 rings (SSSR count). The average Bonchev–Trinajstić information content (AvgIpc) is 3.24. The van der Waals surface area contributed by atoms with Crippen LogP contribution in [0.15, 0.2) is 54.4 Å². The molecular formula is C16H13N5S. The third-order valence-corrected chi connectivity index (χ3v) is 4.25. The summed E-state index contributed by atoms with van der Waals surface area (Å²) in [5.41, 5.74) is 5.05. The van der Waals surface area contributed by atoms with Gasteiger partial charge in [-0.1, -0.05) is 12.1 Å². The lowest BCUT2D eigenvalue weighted by Crippen LogP contribution is -2.03. The molecule has 0 bridgehead atoms. The summed E-state index contributed by atoms with van der Waals surface area (Å²) in [4.78, 5) is 16.3. The third kappa shape index (κ3) is 2.33. The topological polar surface area (TPSA) is 66.5 Å². The Kier molecular flexibility index (Phi) is 3.29. The van der Waals surface area contributed by atoms with E-state index in [9.17, 15) is 0 Å². The summed E-state index contributed by atoms with van der Waals surface area (Å²) < 4.78 is 1.20. The summed E-state index contributed by atoms with van der Waals surface area (Å²) in [6.45, 7) is 0.672. The fourth-order valence-electron chi connectivity index (χ4n) is 2.42. The zero-order valence-corrected chi connectivity index (χ0v) is 12.5. The number of thiazole rings is 1. The number of hydrogen-bond donors (Lipinski definition) is 2. The number of imidazole rings is 1. The molecule has 0 unspecified atom stereocenters.